The summed E-state index contributed by atoms with van der Waals surface area (Å²) in [7, 11) is 0. The molecule has 30 heavy (non-hydrogen) atoms. The highest BCUT2D eigenvalue weighted by Gasteiger charge is 2.06. The number of hydrogen-bond acceptors (Lipinski definition) is 4. The first-order valence-electron chi connectivity index (χ1n) is 10.0. The minimum atomic E-state index is -0.137. The van der Waals surface area contributed by atoms with Gasteiger partial charge in [-0.15, -0.1) is 0 Å². The number of nitrogens with two attached hydrogens (primary N) is 1. The molecule has 0 spiro atoms. The Balaban J connectivity index is 1.56. The standard InChI is InChI=1S/C23H29N5O2/c1-16(24)17-6-10-19(11-7-17)22(29)27-14-4-2-3-5-15-28-23(30)20-12-8-18(9-13-20)21(25)26/h6-13,24H,2-5,14-15H2,1H3,(H3,25,26)(H,27,29)(H,28,30). The third kappa shape index (κ3) is 7.16. The fraction of sp³-hybridized carbons (Fsp3) is 0.304. The van der Waals surface area contributed by atoms with Gasteiger partial charge in [-0.1, -0.05) is 37.1 Å². The number of unbranched alkanes of at least 4 members (excludes halogenated alkanes) is 3. The van der Waals surface area contributed by atoms with Crippen molar-refractivity contribution in [2.24, 2.45) is 5.73 Å². The first-order chi connectivity index (χ1) is 14.4. The van der Waals surface area contributed by atoms with Crippen LogP contribution < -0.4 is 16.4 Å². The minimum absolute atomic E-state index is 0.0195. The fourth-order valence-corrected chi connectivity index (χ4v) is 2.88. The van der Waals surface area contributed by atoms with Crippen LogP contribution in [0.3, 0.4) is 0 Å². The Morgan fingerprint density at radius 3 is 1.43 bits per heavy atom. The summed E-state index contributed by atoms with van der Waals surface area (Å²) in [5.41, 5.74) is 8.43. The van der Waals surface area contributed by atoms with Crippen LogP contribution in [0, 0.1) is 10.8 Å². The maximum atomic E-state index is 12.1. The lowest BCUT2D eigenvalue weighted by molar-refractivity contribution is 0.0943. The molecule has 2 aromatic rings. The second-order valence-corrected chi connectivity index (χ2v) is 7.12. The van der Waals surface area contributed by atoms with E-state index in [1.54, 1.807) is 55.5 Å². The first kappa shape index (κ1) is 22.8. The maximum absolute atomic E-state index is 12.1. The fourth-order valence-electron chi connectivity index (χ4n) is 2.88. The third-order valence-corrected chi connectivity index (χ3v) is 4.71. The molecule has 0 saturated heterocycles. The van der Waals surface area contributed by atoms with E-state index < -0.39 is 0 Å². The lowest BCUT2D eigenvalue weighted by Crippen LogP contribution is -2.25. The second kappa shape index (κ2) is 11.5. The summed E-state index contributed by atoms with van der Waals surface area (Å²) >= 11 is 0. The summed E-state index contributed by atoms with van der Waals surface area (Å²) in [6, 6.07) is 13.7. The Labute approximate surface area is 177 Å². The van der Waals surface area contributed by atoms with E-state index in [0.717, 1.165) is 31.2 Å². The van der Waals surface area contributed by atoms with Gasteiger partial charge in [-0.25, -0.2) is 0 Å². The van der Waals surface area contributed by atoms with Gasteiger partial charge in [-0.3, -0.25) is 15.0 Å². The summed E-state index contributed by atoms with van der Waals surface area (Å²) < 4.78 is 0. The van der Waals surface area contributed by atoms with Crippen molar-refractivity contribution in [2.75, 3.05) is 13.1 Å². The molecule has 2 rings (SSSR count). The van der Waals surface area contributed by atoms with E-state index >= 15 is 0 Å². The summed E-state index contributed by atoms with van der Waals surface area (Å²) in [6.07, 6.45) is 3.68. The number of rotatable bonds is 11. The average Bonchev–Trinajstić information content (AvgIpc) is 2.75. The van der Waals surface area contributed by atoms with Gasteiger partial charge in [-0.05, 0) is 49.6 Å². The number of amides is 2. The minimum Gasteiger partial charge on any atom is -0.384 e. The highest BCUT2D eigenvalue weighted by atomic mass is 16.2. The van der Waals surface area contributed by atoms with Crippen LogP contribution in [0.1, 0.15) is 64.4 Å². The van der Waals surface area contributed by atoms with Crippen molar-refractivity contribution >= 4 is 23.4 Å². The molecule has 0 radical (unpaired) electrons. The largest absolute Gasteiger partial charge is 0.384 e. The van der Waals surface area contributed by atoms with Crippen molar-refractivity contribution in [3.05, 3.63) is 70.8 Å². The van der Waals surface area contributed by atoms with E-state index in [1.165, 1.54) is 0 Å². The molecule has 7 heteroatoms. The molecular formula is C23H29N5O2. The summed E-state index contributed by atoms with van der Waals surface area (Å²) in [6.45, 7) is 2.92. The number of benzene rings is 2. The molecule has 158 valence electrons. The van der Waals surface area contributed by atoms with Crippen LogP contribution in [0.5, 0.6) is 0 Å². The molecule has 0 aliphatic rings. The number of carbonyl (C=O) groups is 2. The zero-order valence-corrected chi connectivity index (χ0v) is 17.3. The molecule has 2 aromatic carbocycles. The normalized spacial score (nSPS) is 10.3. The molecule has 0 heterocycles. The van der Waals surface area contributed by atoms with Crippen molar-refractivity contribution in [3.63, 3.8) is 0 Å². The Morgan fingerprint density at radius 1 is 0.700 bits per heavy atom. The van der Waals surface area contributed by atoms with Gasteiger partial charge < -0.3 is 21.8 Å². The molecule has 0 atom stereocenters. The SMILES string of the molecule is CC(=N)c1ccc(C(=O)NCCCCCCNC(=O)c2ccc(C(=N)N)cc2)cc1. The lowest BCUT2D eigenvalue weighted by Gasteiger charge is -2.07. The molecule has 0 saturated carbocycles. The van der Waals surface area contributed by atoms with E-state index in [2.05, 4.69) is 10.6 Å². The van der Waals surface area contributed by atoms with Crippen LogP contribution in [-0.2, 0) is 0 Å². The van der Waals surface area contributed by atoms with Crippen molar-refractivity contribution in [1.29, 1.82) is 10.8 Å². The molecule has 7 nitrogen and oxygen atoms in total. The van der Waals surface area contributed by atoms with Crippen LogP contribution >= 0.6 is 0 Å². The predicted octanol–water partition coefficient (Wildman–Crippen LogP) is 3.08. The molecule has 0 unspecified atom stereocenters. The van der Waals surface area contributed by atoms with E-state index in [-0.39, 0.29) is 17.6 Å². The number of hydrogen-bond donors (Lipinski definition) is 5. The van der Waals surface area contributed by atoms with Crippen LogP contribution in [0.2, 0.25) is 0 Å². The van der Waals surface area contributed by atoms with Crippen molar-refractivity contribution in [2.45, 2.75) is 32.6 Å². The highest BCUT2D eigenvalue weighted by molar-refractivity contribution is 5.99. The molecular weight excluding hydrogens is 378 g/mol. The van der Waals surface area contributed by atoms with Gasteiger partial charge in [0.25, 0.3) is 11.8 Å². The second-order valence-electron chi connectivity index (χ2n) is 7.12. The first-order valence-corrected chi connectivity index (χ1v) is 10.0. The van der Waals surface area contributed by atoms with E-state index in [1.807, 2.05) is 0 Å². The van der Waals surface area contributed by atoms with Gasteiger partial charge in [0.15, 0.2) is 0 Å². The number of amidine groups is 1. The molecule has 6 N–H and O–H groups in total. The smallest absolute Gasteiger partial charge is 0.251 e. The van der Waals surface area contributed by atoms with Gasteiger partial charge in [0.1, 0.15) is 5.84 Å². The summed E-state index contributed by atoms with van der Waals surface area (Å²) in [4.78, 5) is 24.2. The monoisotopic (exact) mass is 407 g/mol. The van der Waals surface area contributed by atoms with Crippen molar-refractivity contribution in [1.82, 2.24) is 10.6 Å². The van der Waals surface area contributed by atoms with Crippen molar-refractivity contribution < 1.29 is 9.59 Å². The van der Waals surface area contributed by atoms with Gasteiger partial charge in [0, 0.05) is 35.5 Å². The highest BCUT2D eigenvalue weighted by Crippen LogP contribution is 2.06. The van der Waals surface area contributed by atoms with Crippen LogP contribution in [0.15, 0.2) is 48.5 Å². The zero-order valence-electron chi connectivity index (χ0n) is 17.3. The average molecular weight is 408 g/mol. The van der Waals surface area contributed by atoms with Gasteiger partial charge in [0.2, 0.25) is 0 Å². The van der Waals surface area contributed by atoms with Gasteiger partial charge in [0.05, 0.1) is 0 Å². The molecule has 0 aromatic heterocycles. The van der Waals surface area contributed by atoms with Crippen LogP contribution in [-0.4, -0.2) is 36.5 Å². The topological polar surface area (TPSA) is 132 Å². The zero-order chi connectivity index (χ0) is 21.9. The Bertz CT molecular complexity index is 813. The molecule has 0 aliphatic heterocycles. The van der Waals surface area contributed by atoms with E-state index in [9.17, 15) is 9.59 Å². The number of nitrogen functional groups attached to an aromatic ring is 1. The van der Waals surface area contributed by atoms with E-state index in [4.69, 9.17) is 16.6 Å². The Morgan fingerprint density at radius 2 is 1.07 bits per heavy atom. The van der Waals surface area contributed by atoms with Gasteiger partial charge >= 0.3 is 0 Å². The Hall–Kier alpha value is -3.48. The quantitative estimate of drug-likeness (QED) is 0.223. The number of carbonyl (C=O) groups excluding carboxylic acids is 2. The van der Waals surface area contributed by atoms with E-state index in [0.29, 0.717) is 35.5 Å². The summed E-state index contributed by atoms with van der Waals surface area (Å²) in [5.74, 6) is -0.261. The molecule has 2 amide bonds. The predicted molar refractivity (Wildman–Crippen MR) is 120 cm³/mol. The number of nitrogens with one attached hydrogen (secondary N) is 4. The Kier molecular flexibility index (Phi) is 8.75. The third-order valence-electron chi connectivity index (χ3n) is 4.71. The van der Waals surface area contributed by atoms with Crippen molar-refractivity contribution in [3.8, 4) is 0 Å². The molecule has 0 aliphatic carbocycles. The lowest BCUT2D eigenvalue weighted by atomic mass is 10.1. The molecule has 0 bridgehead atoms. The van der Waals surface area contributed by atoms with Gasteiger partial charge in [-0.2, -0.15) is 0 Å². The molecule has 0 fully saturated rings. The van der Waals surface area contributed by atoms with Crippen LogP contribution in [0.4, 0.5) is 0 Å². The maximum Gasteiger partial charge on any atom is 0.251 e. The summed E-state index contributed by atoms with van der Waals surface area (Å²) in [5, 5.41) is 20.7. The van der Waals surface area contributed by atoms with Crippen LogP contribution in [0.25, 0.3) is 0 Å².